The number of nitrogens with zero attached hydrogens (tertiary/aromatic N) is 3. The summed E-state index contributed by atoms with van der Waals surface area (Å²) >= 11 is 12.2. The molecule has 0 saturated carbocycles. The molecule has 0 aliphatic carbocycles. The molecule has 0 bridgehead atoms. The molecule has 8 nitrogen and oxygen atoms in total. The standard InChI is InChI=1S/C28H26Cl2N6O2/c1-36(2)15-14-31-25-17-24(32-26(35-25)18-8-4-3-5-9-18)28(38)33-22-11-7-6-10-20(22)27(37)34-23-16-19(29)12-13-21(23)30/h3-13,16-17H,14-15H2,1-2H3,(H,33,38)(H,34,37)(H,31,32,35). The van der Waals surface area contributed by atoms with Gasteiger partial charge in [-0.05, 0) is 44.4 Å². The smallest absolute Gasteiger partial charge is 0.274 e. The lowest BCUT2D eigenvalue weighted by molar-refractivity contribution is 0.102. The number of carbonyl (C=O) groups is 2. The van der Waals surface area contributed by atoms with Crippen molar-refractivity contribution in [1.29, 1.82) is 0 Å². The number of likely N-dealkylation sites (N-methyl/N-ethyl adjacent to an activating group) is 1. The Labute approximate surface area is 231 Å². The van der Waals surface area contributed by atoms with Gasteiger partial charge in [0.2, 0.25) is 0 Å². The number of benzene rings is 3. The van der Waals surface area contributed by atoms with E-state index in [-0.39, 0.29) is 11.3 Å². The Kier molecular flexibility index (Phi) is 8.91. The molecule has 4 rings (SSSR count). The number of carbonyl (C=O) groups excluding carboxylic acids is 2. The van der Waals surface area contributed by atoms with Gasteiger partial charge in [0.1, 0.15) is 11.5 Å². The zero-order chi connectivity index (χ0) is 27.1. The van der Waals surface area contributed by atoms with Crippen LogP contribution in [-0.4, -0.2) is 53.9 Å². The molecule has 0 fully saturated rings. The topological polar surface area (TPSA) is 99.2 Å². The zero-order valence-corrected chi connectivity index (χ0v) is 22.3. The highest BCUT2D eigenvalue weighted by atomic mass is 35.5. The second-order valence-electron chi connectivity index (χ2n) is 8.64. The molecule has 0 aliphatic heterocycles. The predicted octanol–water partition coefficient (Wildman–Crippen LogP) is 5.93. The molecule has 1 aromatic heterocycles. The molecule has 0 atom stereocenters. The van der Waals surface area contributed by atoms with E-state index in [1.165, 1.54) is 0 Å². The minimum absolute atomic E-state index is 0.152. The number of amides is 2. The van der Waals surface area contributed by atoms with Crippen LogP contribution in [0.4, 0.5) is 17.2 Å². The van der Waals surface area contributed by atoms with E-state index < -0.39 is 11.8 Å². The number of anilines is 3. The fourth-order valence-electron chi connectivity index (χ4n) is 3.54. The van der Waals surface area contributed by atoms with Crippen LogP contribution >= 0.6 is 23.2 Å². The van der Waals surface area contributed by atoms with Gasteiger partial charge >= 0.3 is 0 Å². The molecule has 0 spiro atoms. The first-order valence-corrected chi connectivity index (χ1v) is 12.6. The van der Waals surface area contributed by atoms with E-state index in [4.69, 9.17) is 23.2 Å². The van der Waals surface area contributed by atoms with Gasteiger partial charge in [0.25, 0.3) is 11.8 Å². The van der Waals surface area contributed by atoms with Gasteiger partial charge < -0.3 is 20.9 Å². The molecule has 194 valence electrons. The van der Waals surface area contributed by atoms with Crippen LogP contribution in [0.1, 0.15) is 20.8 Å². The minimum atomic E-state index is -0.485. The van der Waals surface area contributed by atoms with Crippen LogP contribution in [0.3, 0.4) is 0 Å². The second kappa shape index (κ2) is 12.5. The number of halogens is 2. The highest BCUT2D eigenvalue weighted by Gasteiger charge is 2.18. The van der Waals surface area contributed by atoms with Crippen molar-refractivity contribution in [2.45, 2.75) is 0 Å². The van der Waals surface area contributed by atoms with Crippen LogP contribution in [0.25, 0.3) is 11.4 Å². The van der Waals surface area contributed by atoms with E-state index in [0.717, 1.165) is 12.1 Å². The maximum atomic E-state index is 13.4. The van der Waals surface area contributed by atoms with E-state index in [1.54, 1.807) is 48.5 Å². The van der Waals surface area contributed by atoms with E-state index in [1.807, 2.05) is 49.3 Å². The van der Waals surface area contributed by atoms with Crippen molar-refractivity contribution in [3.05, 3.63) is 100 Å². The summed E-state index contributed by atoms with van der Waals surface area (Å²) in [5.41, 5.74) is 1.85. The lowest BCUT2D eigenvalue weighted by atomic mass is 10.1. The molecular weight excluding hydrogens is 523 g/mol. The molecule has 0 radical (unpaired) electrons. The highest BCUT2D eigenvalue weighted by molar-refractivity contribution is 6.36. The van der Waals surface area contributed by atoms with Crippen LogP contribution in [0, 0.1) is 0 Å². The van der Waals surface area contributed by atoms with E-state index in [2.05, 4.69) is 25.9 Å². The summed E-state index contributed by atoms with van der Waals surface area (Å²) < 4.78 is 0. The first-order chi connectivity index (χ1) is 18.3. The number of nitrogens with one attached hydrogen (secondary N) is 3. The van der Waals surface area contributed by atoms with Crippen molar-refractivity contribution in [3.8, 4) is 11.4 Å². The fourth-order valence-corrected chi connectivity index (χ4v) is 3.87. The molecular formula is C28H26Cl2N6O2. The first kappa shape index (κ1) is 27.1. The van der Waals surface area contributed by atoms with Crippen molar-refractivity contribution < 1.29 is 9.59 Å². The van der Waals surface area contributed by atoms with Crippen molar-refractivity contribution in [2.75, 3.05) is 43.1 Å². The summed E-state index contributed by atoms with van der Waals surface area (Å²) in [5, 5.41) is 9.58. The summed E-state index contributed by atoms with van der Waals surface area (Å²) in [6.45, 7) is 1.42. The monoisotopic (exact) mass is 548 g/mol. The number of hydrogen-bond acceptors (Lipinski definition) is 6. The molecule has 0 aliphatic rings. The average Bonchev–Trinajstić information content (AvgIpc) is 2.91. The SMILES string of the molecule is CN(C)CCNc1cc(C(=O)Nc2ccccc2C(=O)Nc2cc(Cl)ccc2Cl)nc(-c2ccccc2)n1. The zero-order valence-electron chi connectivity index (χ0n) is 20.8. The van der Waals surface area contributed by atoms with Gasteiger partial charge in [-0.15, -0.1) is 0 Å². The van der Waals surface area contributed by atoms with Gasteiger partial charge in [0.05, 0.1) is 22.0 Å². The summed E-state index contributed by atoms with van der Waals surface area (Å²) in [5.74, 6) is -0.00948. The number of rotatable bonds is 9. The highest BCUT2D eigenvalue weighted by Crippen LogP contribution is 2.27. The summed E-state index contributed by atoms with van der Waals surface area (Å²) in [4.78, 5) is 37.6. The third-order valence-corrected chi connectivity index (χ3v) is 6.02. The molecule has 3 aromatic carbocycles. The maximum absolute atomic E-state index is 13.4. The number of para-hydroxylation sites is 1. The van der Waals surface area contributed by atoms with E-state index >= 15 is 0 Å². The Morgan fingerprint density at radius 3 is 2.29 bits per heavy atom. The predicted molar refractivity (Wildman–Crippen MR) is 153 cm³/mol. The maximum Gasteiger partial charge on any atom is 0.274 e. The quantitative estimate of drug-likeness (QED) is 0.240. The molecule has 2 amide bonds. The largest absolute Gasteiger partial charge is 0.369 e. The Bertz CT molecular complexity index is 1450. The summed E-state index contributed by atoms with van der Waals surface area (Å²) in [7, 11) is 3.95. The van der Waals surface area contributed by atoms with E-state index in [9.17, 15) is 9.59 Å². The molecule has 10 heteroatoms. The van der Waals surface area contributed by atoms with Crippen LogP contribution in [0.2, 0.25) is 10.0 Å². The second-order valence-corrected chi connectivity index (χ2v) is 9.48. The van der Waals surface area contributed by atoms with Crippen LogP contribution in [0.5, 0.6) is 0 Å². The number of hydrogen-bond donors (Lipinski definition) is 3. The Morgan fingerprint density at radius 2 is 1.53 bits per heavy atom. The van der Waals surface area contributed by atoms with Crippen LogP contribution in [0.15, 0.2) is 78.9 Å². The van der Waals surface area contributed by atoms with Gasteiger partial charge in [-0.25, -0.2) is 9.97 Å². The molecule has 1 heterocycles. The van der Waals surface area contributed by atoms with Crippen molar-refractivity contribution in [2.24, 2.45) is 0 Å². The Morgan fingerprint density at radius 1 is 0.816 bits per heavy atom. The third-order valence-electron chi connectivity index (χ3n) is 5.45. The lowest BCUT2D eigenvalue weighted by Crippen LogP contribution is -2.22. The summed E-state index contributed by atoms with van der Waals surface area (Å²) in [6, 6.07) is 22.5. The van der Waals surface area contributed by atoms with Gasteiger partial charge in [0, 0.05) is 29.7 Å². The van der Waals surface area contributed by atoms with Crippen molar-refractivity contribution >= 4 is 52.2 Å². The minimum Gasteiger partial charge on any atom is -0.369 e. The fraction of sp³-hybridized carbons (Fsp3) is 0.143. The van der Waals surface area contributed by atoms with Gasteiger partial charge in [-0.3, -0.25) is 9.59 Å². The molecule has 3 N–H and O–H groups in total. The molecule has 38 heavy (non-hydrogen) atoms. The van der Waals surface area contributed by atoms with Gasteiger partial charge in [0.15, 0.2) is 5.82 Å². The van der Waals surface area contributed by atoms with Crippen LogP contribution in [-0.2, 0) is 0 Å². The Hall–Kier alpha value is -3.98. The lowest BCUT2D eigenvalue weighted by Gasteiger charge is -2.14. The normalized spacial score (nSPS) is 10.8. The third kappa shape index (κ3) is 7.07. The summed E-state index contributed by atoms with van der Waals surface area (Å²) in [6.07, 6.45) is 0. The van der Waals surface area contributed by atoms with Crippen LogP contribution < -0.4 is 16.0 Å². The molecule has 0 saturated heterocycles. The van der Waals surface area contributed by atoms with E-state index in [0.29, 0.717) is 39.6 Å². The van der Waals surface area contributed by atoms with Gasteiger partial charge in [-0.1, -0.05) is 65.7 Å². The molecule has 0 unspecified atom stereocenters. The average molecular weight is 549 g/mol. The number of aromatic nitrogens is 2. The Balaban J connectivity index is 1.60. The van der Waals surface area contributed by atoms with Crippen molar-refractivity contribution in [1.82, 2.24) is 14.9 Å². The molecule has 4 aromatic rings. The van der Waals surface area contributed by atoms with Gasteiger partial charge in [-0.2, -0.15) is 0 Å². The first-order valence-electron chi connectivity index (χ1n) is 11.8. The van der Waals surface area contributed by atoms with Crippen molar-refractivity contribution in [3.63, 3.8) is 0 Å².